The molecule has 0 fully saturated rings. The molecule has 3 aromatic rings. The van der Waals surface area contributed by atoms with Crippen molar-refractivity contribution in [1.29, 1.82) is 0 Å². The van der Waals surface area contributed by atoms with Gasteiger partial charge in [0.2, 0.25) is 5.95 Å². The van der Waals surface area contributed by atoms with E-state index < -0.39 is 22.2 Å². The van der Waals surface area contributed by atoms with Crippen LogP contribution in [-0.4, -0.2) is 37.0 Å². The lowest BCUT2D eigenvalue weighted by molar-refractivity contribution is 0.587. The highest BCUT2D eigenvalue weighted by Gasteiger charge is 2.22. The largest absolute Gasteiger partial charge is 0.339 e. The standard InChI is InChI=1S/C21H25N4O3PS/c1-15(2)30(27,28)19-8-6-5-7-18(19)24-20-13-14-22-21(25-20)23-16-9-11-17(12-10-16)29(3,4)26/h5-15H,1-4H3,(H2,22,23,24,25). The molecule has 0 spiro atoms. The van der Waals surface area contributed by atoms with Crippen molar-refractivity contribution in [3.8, 4) is 0 Å². The minimum Gasteiger partial charge on any atom is -0.339 e. The Bertz CT molecular complexity index is 1190. The van der Waals surface area contributed by atoms with Gasteiger partial charge in [0.25, 0.3) is 0 Å². The predicted octanol–water partition coefficient (Wildman–Crippen LogP) is 4.39. The highest BCUT2D eigenvalue weighted by Crippen LogP contribution is 2.34. The van der Waals surface area contributed by atoms with Crippen LogP contribution in [0.15, 0.2) is 65.7 Å². The van der Waals surface area contributed by atoms with E-state index in [9.17, 15) is 13.0 Å². The summed E-state index contributed by atoms with van der Waals surface area (Å²) in [6.07, 6.45) is 1.58. The Hall–Kier alpha value is -2.70. The summed E-state index contributed by atoms with van der Waals surface area (Å²) in [5.74, 6) is 0.815. The van der Waals surface area contributed by atoms with Crippen molar-refractivity contribution in [2.24, 2.45) is 0 Å². The topological polar surface area (TPSA) is 101 Å². The van der Waals surface area contributed by atoms with Crippen molar-refractivity contribution in [3.63, 3.8) is 0 Å². The number of para-hydroxylation sites is 1. The summed E-state index contributed by atoms with van der Waals surface area (Å²) in [6.45, 7) is 6.76. The third kappa shape index (κ3) is 5.07. The van der Waals surface area contributed by atoms with Crippen molar-refractivity contribution in [2.45, 2.75) is 24.0 Å². The normalized spacial score (nSPS) is 12.0. The van der Waals surface area contributed by atoms with E-state index in [1.807, 2.05) is 24.3 Å². The molecule has 0 saturated heterocycles. The van der Waals surface area contributed by atoms with Crippen LogP contribution < -0.4 is 15.9 Å². The van der Waals surface area contributed by atoms with Crippen molar-refractivity contribution >= 4 is 45.4 Å². The second-order valence-electron chi connectivity index (χ2n) is 7.50. The Morgan fingerprint density at radius 3 is 2.23 bits per heavy atom. The first-order chi connectivity index (χ1) is 14.1. The monoisotopic (exact) mass is 444 g/mol. The third-order valence-corrected chi connectivity index (χ3v) is 8.23. The molecule has 1 heterocycles. The summed E-state index contributed by atoms with van der Waals surface area (Å²) in [7, 11) is -5.76. The number of nitrogens with one attached hydrogen (secondary N) is 2. The molecule has 2 N–H and O–H groups in total. The average molecular weight is 444 g/mol. The molecule has 0 aliphatic rings. The molecule has 0 radical (unpaired) electrons. The molecule has 2 aromatic carbocycles. The average Bonchev–Trinajstić information content (AvgIpc) is 2.68. The molecule has 7 nitrogen and oxygen atoms in total. The van der Waals surface area contributed by atoms with E-state index >= 15 is 0 Å². The van der Waals surface area contributed by atoms with Crippen molar-refractivity contribution < 1.29 is 13.0 Å². The van der Waals surface area contributed by atoms with Gasteiger partial charge in [-0.05, 0) is 69.6 Å². The first-order valence-corrected chi connectivity index (χ1v) is 13.6. The zero-order chi connectivity index (χ0) is 21.9. The first-order valence-electron chi connectivity index (χ1n) is 9.43. The molecule has 9 heteroatoms. The van der Waals surface area contributed by atoms with Crippen LogP contribution in [0.1, 0.15) is 13.8 Å². The van der Waals surface area contributed by atoms with Gasteiger partial charge in [-0.3, -0.25) is 0 Å². The Morgan fingerprint density at radius 2 is 1.60 bits per heavy atom. The minimum absolute atomic E-state index is 0.229. The summed E-state index contributed by atoms with van der Waals surface area (Å²) in [5.41, 5.74) is 1.22. The Balaban J connectivity index is 1.83. The SMILES string of the molecule is CC(C)S(=O)(=O)c1ccccc1Nc1ccnc(Nc2ccc(P(C)(C)=O)cc2)n1. The van der Waals surface area contributed by atoms with Gasteiger partial charge in [-0.1, -0.05) is 12.1 Å². The summed E-state index contributed by atoms with van der Waals surface area (Å²) < 4.78 is 37.4. The lowest BCUT2D eigenvalue weighted by atomic mass is 10.3. The number of nitrogens with zero attached hydrogens (tertiary/aromatic N) is 2. The molecule has 1 aromatic heterocycles. The van der Waals surface area contributed by atoms with Crippen LogP contribution in [0.2, 0.25) is 0 Å². The molecule has 158 valence electrons. The molecule has 0 saturated carbocycles. The van der Waals surface area contributed by atoms with E-state index in [1.54, 1.807) is 63.7 Å². The summed E-state index contributed by atoms with van der Waals surface area (Å²) in [4.78, 5) is 8.86. The maximum atomic E-state index is 12.6. The highest BCUT2D eigenvalue weighted by molar-refractivity contribution is 7.92. The zero-order valence-electron chi connectivity index (χ0n) is 17.3. The predicted molar refractivity (Wildman–Crippen MR) is 123 cm³/mol. The molecule has 0 unspecified atom stereocenters. The third-order valence-electron chi connectivity index (χ3n) is 4.48. The summed E-state index contributed by atoms with van der Waals surface area (Å²) in [5, 5.41) is 6.45. The van der Waals surface area contributed by atoms with Crippen molar-refractivity contribution in [3.05, 3.63) is 60.8 Å². The van der Waals surface area contributed by atoms with Crippen molar-refractivity contribution in [2.75, 3.05) is 24.0 Å². The lowest BCUT2D eigenvalue weighted by Gasteiger charge is -2.14. The summed E-state index contributed by atoms with van der Waals surface area (Å²) in [6, 6.07) is 15.7. The van der Waals surface area contributed by atoms with Crippen LogP contribution in [0, 0.1) is 0 Å². The van der Waals surface area contributed by atoms with Gasteiger partial charge < -0.3 is 15.2 Å². The van der Waals surface area contributed by atoms with Crippen LogP contribution in [0.4, 0.5) is 23.1 Å². The molecule has 3 rings (SSSR count). The number of hydrogen-bond donors (Lipinski definition) is 2. The number of hydrogen-bond acceptors (Lipinski definition) is 7. The van der Waals surface area contributed by atoms with E-state index in [4.69, 9.17) is 0 Å². The van der Waals surface area contributed by atoms with E-state index in [0.29, 0.717) is 17.5 Å². The second kappa shape index (κ2) is 8.58. The van der Waals surface area contributed by atoms with Crippen LogP contribution in [-0.2, 0) is 14.4 Å². The van der Waals surface area contributed by atoms with E-state index in [0.717, 1.165) is 11.0 Å². The van der Waals surface area contributed by atoms with Gasteiger partial charge in [-0.15, -0.1) is 0 Å². The second-order valence-corrected chi connectivity index (χ2v) is 13.2. The molecular weight excluding hydrogens is 419 g/mol. The molecule has 0 amide bonds. The maximum Gasteiger partial charge on any atom is 0.229 e. The van der Waals surface area contributed by atoms with Gasteiger partial charge in [0.1, 0.15) is 13.0 Å². The van der Waals surface area contributed by atoms with E-state index in [2.05, 4.69) is 20.6 Å². The molecule has 0 aliphatic heterocycles. The first kappa shape index (κ1) is 22.0. The van der Waals surface area contributed by atoms with Gasteiger partial charge >= 0.3 is 0 Å². The fraction of sp³-hybridized carbons (Fsp3) is 0.238. The van der Waals surface area contributed by atoms with Gasteiger partial charge in [0.15, 0.2) is 9.84 Å². The fourth-order valence-electron chi connectivity index (χ4n) is 2.73. The number of aromatic nitrogens is 2. The van der Waals surface area contributed by atoms with Gasteiger partial charge in [0.05, 0.1) is 15.8 Å². The molecular formula is C21H25N4O3PS. The van der Waals surface area contributed by atoms with Crippen molar-refractivity contribution in [1.82, 2.24) is 9.97 Å². The van der Waals surface area contributed by atoms with Gasteiger partial charge in [-0.2, -0.15) is 4.98 Å². The van der Waals surface area contributed by atoms with Crippen LogP contribution in [0.3, 0.4) is 0 Å². The quantitative estimate of drug-likeness (QED) is 0.521. The molecule has 0 aliphatic carbocycles. The lowest BCUT2D eigenvalue weighted by Crippen LogP contribution is -2.15. The number of benzene rings is 2. The number of anilines is 4. The summed E-state index contributed by atoms with van der Waals surface area (Å²) >= 11 is 0. The van der Waals surface area contributed by atoms with Gasteiger partial charge in [-0.25, -0.2) is 13.4 Å². The Labute approximate surface area is 177 Å². The van der Waals surface area contributed by atoms with Gasteiger partial charge in [0, 0.05) is 17.2 Å². The Morgan fingerprint density at radius 1 is 0.933 bits per heavy atom. The Kier molecular flexibility index (Phi) is 6.29. The molecule has 0 bridgehead atoms. The van der Waals surface area contributed by atoms with Crippen LogP contribution >= 0.6 is 7.14 Å². The van der Waals surface area contributed by atoms with Crippen LogP contribution in [0.5, 0.6) is 0 Å². The number of rotatable bonds is 7. The molecule has 0 atom stereocenters. The zero-order valence-corrected chi connectivity index (χ0v) is 19.0. The smallest absolute Gasteiger partial charge is 0.229 e. The van der Waals surface area contributed by atoms with Crippen LogP contribution in [0.25, 0.3) is 0 Å². The molecule has 30 heavy (non-hydrogen) atoms. The van der Waals surface area contributed by atoms with E-state index in [-0.39, 0.29) is 4.90 Å². The highest BCUT2D eigenvalue weighted by atomic mass is 32.2. The minimum atomic E-state index is -3.45. The van der Waals surface area contributed by atoms with E-state index in [1.165, 1.54) is 0 Å². The number of sulfone groups is 1. The maximum absolute atomic E-state index is 12.6. The fourth-order valence-corrected chi connectivity index (χ4v) is 4.80.